The first-order valence-corrected chi connectivity index (χ1v) is 7.27. The lowest BCUT2D eigenvalue weighted by molar-refractivity contribution is 0.0894. The van der Waals surface area contributed by atoms with Gasteiger partial charge in [0.2, 0.25) is 5.76 Å². The van der Waals surface area contributed by atoms with Crippen molar-refractivity contribution in [2.75, 3.05) is 0 Å². The molecule has 1 amide bonds. The number of pyridine rings is 1. The van der Waals surface area contributed by atoms with E-state index in [-0.39, 0.29) is 17.7 Å². The number of hydrogen-bond acceptors (Lipinski definition) is 4. The number of amides is 1. The minimum Gasteiger partial charge on any atom is -0.351 e. The zero-order valence-electron chi connectivity index (χ0n) is 11.0. The normalized spacial score (nSPS) is 15.9. The Hall–Kier alpha value is -1.69. The summed E-state index contributed by atoms with van der Waals surface area (Å²) >= 11 is 3.41. The zero-order chi connectivity index (χ0) is 14.1. The van der Waals surface area contributed by atoms with E-state index in [9.17, 15) is 4.79 Å². The molecular formula is C14H14BrN3O2. The summed E-state index contributed by atoms with van der Waals surface area (Å²) in [5.41, 5.74) is 1.70. The van der Waals surface area contributed by atoms with Crippen LogP contribution in [0.4, 0.5) is 0 Å². The molecule has 2 aromatic rings. The molecule has 1 saturated carbocycles. The van der Waals surface area contributed by atoms with Crippen molar-refractivity contribution in [3.63, 3.8) is 0 Å². The van der Waals surface area contributed by atoms with Crippen molar-refractivity contribution in [1.29, 1.82) is 0 Å². The summed E-state index contributed by atoms with van der Waals surface area (Å²) < 4.78 is 5.91. The van der Waals surface area contributed by atoms with Crippen LogP contribution in [0, 0.1) is 12.8 Å². The van der Waals surface area contributed by atoms with Gasteiger partial charge in [0.25, 0.3) is 5.91 Å². The summed E-state index contributed by atoms with van der Waals surface area (Å²) in [5, 5.41) is 6.76. The molecule has 0 spiro atoms. The van der Waals surface area contributed by atoms with Crippen LogP contribution in [0.5, 0.6) is 0 Å². The number of carbonyl (C=O) groups is 1. The number of nitrogens with one attached hydrogen (secondary N) is 1. The SMILES string of the molecule is Cc1cc(C(=O)N[C@H](c2cncc(Br)c2)C2CC2)on1. The Labute approximate surface area is 124 Å². The summed E-state index contributed by atoms with van der Waals surface area (Å²) in [4.78, 5) is 16.3. The Bertz CT molecular complexity index is 637. The van der Waals surface area contributed by atoms with Crippen molar-refractivity contribution in [3.8, 4) is 0 Å². The highest BCUT2D eigenvalue weighted by Crippen LogP contribution is 2.41. The summed E-state index contributed by atoms with van der Waals surface area (Å²) in [6.45, 7) is 1.79. The second kappa shape index (κ2) is 5.36. The van der Waals surface area contributed by atoms with Crippen LogP contribution in [0.25, 0.3) is 0 Å². The van der Waals surface area contributed by atoms with Gasteiger partial charge in [-0.3, -0.25) is 9.78 Å². The Morgan fingerprint density at radius 2 is 2.25 bits per heavy atom. The molecule has 5 nitrogen and oxygen atoms in total. The topological polar surface area (TPSA) is 68.0 Å². The lowest BCUT2D eigenvalue weighted by atomic mass is 10.0. The van der Waals surface area contributed by atoms with Crippen LogP contribution in [0.2, 0.25) is 0 Å². The molecule has 0 aromatic carbocycles. The lowest BCUT2D eigenvalue weighted by Crippen LogP contribution is -2.29. The second-order valence-electron chi connectivity index (χ2n) is 5.06. The first-order chi connectivity index (χ1) is 9.63. The Balaban J connectivity index is 1.80. The highest BCUT2D eigenvalue weighted by molar-refractivity contribution is 9.10. The minimum atomic E-state index is -0.234. The summed E-state index contributed by atoms with van der Waals surface area (Å²) in [6.07, 6.45) is 5.76. The monoisotopic (exact) mass is 335 g/mol. The number of aryl methyl sites for hydroxylation is 1. The molecule has 0 radical (unpaired) electrons. The van der Waals surface area contributed by atoms with Gasteiger partial charge in [-0.1, -0.05) is 5.16 Å². The molecule has 1 aliphatic rings. The fourth-order valence-electron chi connectivity index (χ4n) is 2.18. The highest BCUT2D eigenvalue weighted by atomic mass is 79.9. The van der Waals surface area contributed by atoms with Gasteiger partial charge in [0.1, 0.15) is 0 Å². The molecule has 20 heavy (non-hydrogen) atoms. The summed E-state index contributed by atoms with van der Waals surface area (Å²) in [6, 6.07) is 3.60. The number of rotatable bonds is 4. The van der Waals surface area contributed by atoms with Crippen molar-refractivity contribution in [2.45, 2.75) is 25.8 Å². The molecule has 104 valence electrons. The molecule has 2 heterocycles. The molecule has 1 N–H and O–H groups in total. The van der Waals surface area contributed by atoms with E-state index >= 15 is 0 Å². The number of nitrogens with zero attached hydrogens (tertiary/aromatic N) is 2. The fraction of sp³-hybridized carbons (Fsp3) is 0.357. The van der Waals surface area contributed by atoms with Crippen LogP contribution in [-0.2, 0) is 0 Å². The molecule has 3 rings (SSSR count). The van der Waals surface area contributed by atoms with Crippen molar-refractivity contribution in [2.24, 2.45) is 5.92 Å². The number of hydrogen-bond donors (Lipinski definition) is 1. The maximum Gasteiger partial charge on any atom is 0.290 e. The lowest BCUT2D eigenvalue weighted by Gasteiger charge is -2.17. The number of carbonyl (C=O) groups excluding carboxylic acids is 1. The highest BCUT2D eigenvalue weighted by Gasteiger charge is 2.34. The quantitative estimate of drug-likeness (QED) is 0.932. The van der Waals surface area contributed by atoms with Gasteiger partial charge < -0.3 is 9.84 Å². The van der Waals surface area contributed by atoms with E-state index in [1.807, 2.05) is 6.07 Å². The van der Waals surface area contributed by atoms with Gasteiger partial charge in [0.05, 0.1) is 11.7 Å². The standard InChI is InChI=1S/C14H14BrN3O2/c1-8-4-12(20-18-8)14(19)17-13(9-2-3-9)10-5-11(15)7-16-6-10/h4-7,9,13H,2-3H2,1H3,(H,17,19)/t13-/m0/s1. The molecule has 0 unspecified atom stereocenters. The van der Waals surface area contributed by atoms with Gasteiger partial charge >= 0.3 is 0 Å². The van der Waals surface area contributed by atoms with Crippen molar-refractivity contribution >= 4 is 21.8 Å². The van der Waals surface area contributed by atoms with Gasteiger partial charge in [-0.25, -0.2) is 0 Å². The molecule has 6 heteroatoms. The van der Waals surface area contributed by atoms with Crippen LogP contribution >= 0.6 is 15.9 Å². The minimum absolute atomic E-state index is 0.0297. The fourth-order valence-corrected chi connectivity index (χ4v) is 2.57. The summed E-state index contributed by atoms with van der Waals surface area (Å²) in [5.74, 6) is 0.484. The molecule has 1 fully saturated rings. The van der Waals surface area contributed by atoms with Gasteiger partial charge in [-0.05, 0) is 53.2 Å². The Morgan fingerprint density at radius 1 is 1.45 bits per heavy atom. The molecule has 1 aliphatic carbocycles. The Kier molecular flexibility index (Phi) is 3.56. The number of halogens is 1. The zero-order valence-corrected chi connectivity index (χ0v) is 12.6. The number of aromatic nitrogens is 2. The average Bonchev–Trinajstić information content (AvgIpc) is 3.17. The van der Waals surface area contributed by atoms with Gasteiger partial charge in [-0.15, -0.1) is 0 Å². The first kappa shape index (κ1) is 13.3. The van der Waals surface area contributed by atoms with E-state index in [1.165, 1.54) is 0 Å². The third kappa shape index (κ3) is 2.90. The van der Waals surface area contributed by atoms with E-state index < -0.39 is 0 Å². The van der Waals surface area contributed by atoms with Crippen LogP contribution in [0.15, 0.2) is 33.5 Å². The van der Waals surface area contributed by atoms with Crippen LogP contribution in [-0.4, -0.2) is 16.0 Å². The summed E-state index contributed by atoms with van der Waals surface area (Å²) in [7, 11) is 0. The smallest absolute Gasteiger partial charge is 0.290 e. The van der Waals surface area contributed by atoms with Crippen molar-refractivity contribution < 1.29 is 9.32 Å². The molecule has 2 aromatic heterocycles. The van der Waals surface area contributed by atoms with Crippen molar-refractivity contribution in [3.05, 3.63) is 46.0 Å². The van der Waals surface area contributed by atoms with Crippen LogP contribution in [0.1, 0.15) is 40.7 Å². The first-order valence-electron chi connectivity index (χ1n) is 6.48. The molecular weight excluding hydrogens is 322 g/mol. The Morgan fingerprint density at radius 3 is 2.85 bits per heavy atom. The maximum absolute atomic E-state index is 12.2. The molecule has 0 saturated heterocycles. The predicted molar refractivity (Wildman–Crippen MR) is 76.1 cm³/mol. The van der Waals surface area contributed by atoms with E-state index in [2.05, 4.69) is 31.4 Å². The molecule has 1 atom stereocenters. The molecule has 0 bridgehead atoms. The van der Waals surface area contributed by atoms with Gasteiger partial charge in [0, 0.05) is 22.9 Å². The van der Waals surface area contributed by atoms with Crippen LogP contribution < -0.4 is 5.32 Å². The van der Waals surface area contributed by atoms with Gasteiger partial charge in [0.15, 0.2) is 0 Å². The van der Waals surface area contributed by atoms with Crippen LogP contribution in [0.3, 0.4) is 0 Å². The largest absolute Gasteiger partial charge is 0.351 e. The predicted octanol–water partition coefficient (Wildman–Crippen LogP) is 3.02. The second-order valence-corrected chi connectivity index (χ2v) is 5.97. The van der Waals surface area contributed by atoms with E-state index in [0.29, 0.717) is 11.6 Å². The maximum atomic E-state index is 12.2. The molecule has 0 aliphatic heterocycles. The van der Waals surface area contributed by atoms with E-state index in [4.69, 9.17) is 4.52 Å². The van der Waals surface area contributed by atoms with Gasteiger partial charge in [-0.2, -0.15) is 0 Å². The van der Waals surface area contributed by atoms with E-state index in [0.717, 1.165) is 22.9 Å². The third-order valence-electron chi connectivity index (χ3n) is 3.32. The average molecular weight is 336 g/mol. The third-order valence-corrected chi connectivity index (χ3v) is 3.75. The van der Waals surface area contributed by atoms with E-state index in [1.54, 1.807) is 25.4 Å². The van der Waals surface area contributed by atoms with Crippen molar-refractivity contribution in [1.82, 2.24) is 15.5 Å².